The maximum atomic E-state index is 12.4. The van der Waals surface area contributed by atoms with Crippen LogP contribution in [0.3, 0.4) is 0 Å². The van der Waals surface area contributed by atoms with E-state index in [1.165, 1.54) is 6.26 Å². The van der Waals surface area contributed by atoms with Crippen LogP contribution in [0.2, 0.25) is 0 Å². The van der Waals surface area contributed by atoms with Crippen LogP contribution in [-0.4, -0.2) is 21.6 Å². The lowest BCUT2D eigenvalue weighted by molar-refractivity contribution is 0.0200. The van der Waals surface area contributed by atoms with E-state index in [2.05, 4.69) is 20.9 Å². The number of benzene rings is 1. The van der Waals surface area contributed by atoms with Crippen LogP contribution >= 0.6 is 15.9 Å². The topological polar surface area (TPSA) is 55.6 Å². The summed E-state index contributed by atoms with van der Waals surface area (Å²) in [4.78, 5) is 18.0. The molecule has 2 rings (SSSR count). The van der Waals surface area contributed by atoms with Crippen molar-refractivity contribution in [3.8, 4) is 0 Å². The van der Waals surface area contributed by atoms with Crippen LogP contribution in [0.25, 0.3) is 0 Å². The van der Waals surface area contributed by atoms with Gasteiger partial charge in [0, 0.05) is 11.0 Å². The van der Waals surface area contributed by atoms with Gasteiger partial charge >= 0.3 is 6.09 Å². The van der Waals surface area contributed by atoms with Crippen molar-refractivity contribution in [1.82, 2.24) is 9.88 Å². The summed E-state index contributed by atoms with van der Waals surface area (Å²) in [5.74, 6) is 0.475. The molecule has 6 heteroatoms. The van der Waals surface area contributed by atoms with Crippen LogP contribution in [-0.2, 0) is 17.8 Å². The van der Waals surface area contributed by atoms with Crippen molar-refractivity contribution in [2.45, 2.75) is 39.5 Å². The number of halogens is 1. The summed E-state index contributed by atoms with van der Waals surface area (Å²) in [5, 5.41) is 0. The Morgan fingerprint density at radius 2 is 1.95 bits per heavy atom. The molecule has 0 unspecified atom stereocenters. The first kappa shape index (κ1) is 16.5. The minimum absolute atomic E-state index is 0.262. The highest BCUT2D eigenvalue weighted by atomic mass is 79.9. The van der Waals surface area contributed by atoms with Gasteiger partial charge < -0.3 is 9.15 Å². The van der Waals surface area contributed by atoms with E-state index < -0.39 is 11.7 Å². The number of aromatic nitrogens is 1. The third kappa shape index (κ3) is 5.18. The van der Waals surface area contributed by atoms with E-state index in [4.69, 9.17) is 9.15 Å². The summed E-state index contributed by atoms with van der Waals surface area (Å²) >= 11 is 3.40. The quantitative estimate of drug-likeness (QED) is 0.805. The standard InChI is InChI=1S/C16H19BrN2O3/c1-16(2,3)22-15(20)19(11-14-18-8-9-21-14)10-12-4-6-13(17)7-5-12/h4-9H,10-11H2,1-3H3. The lowest BCUT2D eigenvalue weighted by Crippen LogP contribution is -2.36. The molecule has 0 aliphatic carbocycles. The van der Waals surface area contributed by atoms with Crippen molar-refractivity contribution in [2.24, 2.45) is 0 Å². The highest BCUT2D eigenvalue weighted by Crippen LogP contribution is 2.17. The summed E-state index contributed by atoms with van der Waals surface area (Å²) in [7, 11) is 0. The molecule has 1 aromatic carbocycles. The minimum atomic E-state index is -0.550. The molecule has 5 nitrogen and oxygen atoms in total. The van der Waals surface area contributed by atoms with Gasteiger partial charge in [-0.25, -0.2) is 9.78 Å². The third-order valence-electron chi connectivity index (χ3n) is 2.75. The predicted octanol–water partition coefficient (Wildman–Crippen LogP) is 4.37. The van der Waals surface area contributed by atoms with Crippen molar-refractivity contribution < 1.29 is 13.9 Å². The Hall–Kier alpha value is -1.82. The molecule has 0 aliphatic rings. The predicted molar refractivity (Wildman–Crippen MR) is 86.1 cm³/mol. The maximum Gasteiger partial charge on any atom is 0.411 e. The molecule has 0 atom stereocenters. The minimum Gasteiger partial charge on any atom is -0.447 e. The largest absolute Gasteiger partial charge is 0.447 e. The zero-order valence-electron chi connectivity index (χ0n) is 12.9. The molecule has 0 saturated carbocycles. The Labute approximate surface area is 138 Å². The van der Waals surface area contributed by atoms with Gasteiger partial charge in [-0.3, -0.25) is 4.90 Å². The van der Waals surface area contributed by atoms with E-state index in [0.717, 1.165) is 10.0 Å². The molecule has 0 fully saturated rings. The first-order valence-electron chi connectivity index (χ1n) is 6.94. The van der Waals surface area contributed by atoms with E-state index in [1.54, 1.807) is 11.1 Å². The normalized spacial score (nSPS) is 11.3. The summed E-state index contributed by atoms with van der Waals surface area (Å²) < 4.78 is 11.7. The lowest BCUT2D eigenvalue weighted by atomic mass is 10.2. The van der Waals surface area contributed by atoms with Crippen LogP contribution in [0.1, 0.15) is 32.2 Å². The van der Waals surface area contributed by atoms with Crippen LogP contribution in [0, 0.1) is 0 Å². The average molecular weight is 367 g/mol. The molecule has 0 radical (unpaired) electrons. The molecule has 0 aliphatic heterocycles. The van der Waals surface area contributed by atoms with E-state index >= 15 is 0 Å². The number of hydrogen-bond acceptors (Lipinski definition) is 4. The van der Waals surface area contributed by atoms with Crippen molar-refractivity contribution in [3.05, 3.63) is 52.7 Å². The molecule has 0 spiro atoms. The summed E-state index contributed by atoms with van der Waals surface area (Å²) in [5.41, 5.74) is 0.451. The molecule has 0 N–H and O–H groups in total. The van der Waals surface area contributed by atoms with Crippen molar-refractivity contribution >= 4 is 22.0 Å². The Balaban J connectivity index is 2.13. The zero-order valence-corrected chi connectivity index (χ0v) is 14.5. The fourth-order valence-corrected chi connectivity index (χ4v) is 2.08. The van der Waals surface area contributed by atoms with Gasteiger partial charge in [0.2, 0.25) is 5.89 Å². The summed E-state index contributed by atoms with van der Waals surface area (Å²) in [6.07, 6.45) is 2.65. The molecular weight excluding hydrogens is 348 g/mol. The van der Waals surface area contributed by atoms with E-state index in [-0.39, 0.29) is 6.54 Å². The number of ether oxygens (including phenoxy) is 1. The van der Waals surface area contributed by atoms with Gasteiger partial charge in [0.15, 0.2) is 0 Å². The molecule has 1 heterocycles. The molecule has 118 valence electrons. The molecule has 2 aromatic rings. The lowest BCUT2D eigenvalue weighted by Gasteiger charge is -2.26. The zero-order chi connectivity index (χ0) is 16.2. The van der Waals surface area contributed by atoms with Crippen LogP contribution < -0.4 is 0 Å². The van der Waals surface area contributed by atoms with E-state index in [1.807, 2.05) is 45.0 Å². The van der Waals surface area contributed by atoms with Crippen LogP contribution in [0.5, 0.6) is 0 Å². The van der Waals surface area contributed by atoms with Crippen LogP contribution in [0.4, 0.5) is 4.79 Å². The Kier molecular flexibility index (Phi) is 5.24. The van der Waals surface area contributed by atoms with E-state index in [0.29, 0.717) is 12.4 Å². The SMILES string of the molecule is CC(C)(C)OC(=O)N(Cc1ccc(Br)cc1)Cc1ncco1. The fraction of sp³-hybridized carbons (Fsp3) is 0.375. The molecule has 0 saturated heterocycles. The van der Waals surface area contributed by atoms with Gasteiger partial charge in [-0.15, -0.1) is 0 Å². The second-order valence-electron chi connectivity index (χ2n) is 5.89. The summed E-state index contributed by atoms with van der Waals surface area (Å²) in [6.45, 7) is 6.21. The highest BCUT2D eigenvalue weighted by Gasteiger charge is 2.23. The second-order valence-corrected chi connectivity index (χ2v) is 6.80. The first-order valence-corrected chi connectivity index (χ1v) is 7.73. The Bertz CT molecular complexity index is 603. The Morgan fingerprint density at radius 1 is 1.27 bits per heavy atom. The molecule has 0 bridgehead atoms. The van der Waals surface area contributed by atoms with Gasteiger partial charge in [0.05, 0.1) is 6.20 Å². The van der Waals surface area contributed by atoms with Crippen molar-refractivity contribution in [3.63, 3.8) is 0 Å². The fourth-order valence-electron chi connectivity index (χ4n) is 1.82. The molecule has 1 amide bonds. The van der Waals surface area contributed by atoms with Gasteiger partial charge in [-0.1, -0.05) is 28.1 Å². The molecule has 1 aromatic heterocycles. The Morgan fingerprint density at radius 3 is 2.50 bits per heavy atom. The number of amides is 1. The maximum absolute atomic E-state index is 12.4. The molecule has 22 heavy (non-hydrogen) atoms. The number of oxazole rings is 1. The first-order chi connectivity index (χ1) is 10.3. The van der Waals surface area contributed by atoms with Gasteiger partial charge in [-0.05, 0) is 38.5 Å². The molecular formula is C16H19BrN2O3. The van der Waals surface area contributed by atoms with Crippen LogP contribution in [0.15, 0.2) is 45.6 Å². The highest BCUT2D eigenvalue weighted by molar-refractivity contribution is 9.10. The van der Waals surface area contributed by atoms with Gasteiger partial charge in [0.25, 0.3) is 0 Å². The third-order valence-corrected chi connectivity index (χ3v) is 3.28. The number of nitrogens with zero attached hydrogens (tertiary/aromatic N) is 2. The van der Waals surface area contributed by atoms with Crippen molar-refractivity contribution in [2.75, 3.05) is 0 Å². The number of carbonyl (C=O) groups excluding carboxylic acids is 1. The average Bonchev–Trinajstić information content (AvgIpc) is 2.91. The second kappa shape index (κ2) is 6.96. The van der Waals surface area contributed by atoms with E-state index in [9.17, 15) is 4.79 Å². The van der Waals surface area contributed by atoms with Crippen molar-refractivity contribution in [1.29, 1.82) is 0 Å². The smallest absolute Gasteiger partial charge is 0.411 e. The number of carbonyl (C=O) groups is 1. The number of hydrogen-bond donors (Lipinski definition) is 0. The summed E-state index contributed by atoms with van der Waals surface area (Å²) in [6, 6.07) is 7.79. The number of rotatable bonds is 4. The van der Waals surface area contributed by atoms with Gasteiger partial charge in [-0.2, -0.15) is 0 Å². The van der Waals surface area contributed by atoms with Gasteiger partial charge in [0.1, 0.15) is 18.4 Å². The monoisotopic (exact) mass is 366 g/mol.